The molecule has 25 heavy (non-hydrogen) atoms. The first-order valence-corrected chi connectivity index (χ1v) is 8.55. The van der Waals surface area contributed by atoms with E-state index in [0.29, 0.717) is 12.4 Å². The third kappa shape index (κ3) is 2.79. The molecule has 0 bridgehead atoms. The standard InChI is InChI=1S/C18H21N5O2/c1-25-16-10-15(20-13-21-16)22-8-3-5-18(12-22)6-9-23(17(18)24)14-4-2-7-19-11-14/h2,4,7,10-11,13H,3,5-6,8-9,12H2,1H3/t18-/m1/s1. The summed E-state index contributed by atoms with van der Waals surface area (Å²) in [5, 5.41) is 0. The summed E-state index contributed by atoms with van der Waals surface area (Å²) in [4.78, 5) is 29.8. The third-order valence-corrected chi connectivity index (χ3v) is 5.21. The van der Waals surface area contributed by atoms with Gasteiger partial charge in [-0.15, -0.1) is 0 Å². The molecular weight excluding hydrogens is 318 g/mol. The van der Waals surface area contributed by atoms with Gasteiger partial charge in [0.1, 0.15) is 12.1 Å². The van der Waals surface area contributed by atoms with Crippen molar-refractivity contribution in [3.63, 3.8) is 0 Å². The highest BCUT2D eigenvalue weighted by Gasteiger charge is 2.49. The molecule has 7 nitrogen and oxygen atoms in total. The number of amides is 1. The van der Waals surface area contributed by atoms with Crippen molar-refractivity contribution in [2.45, 2.75) is 19.3 Å². The summed E-state index contributed by atoms with van der Waals surface area (Å²) in [6.45, 7) is 2.32. The van der Waals surface area contributed by atoms with Crippen LogP contribution >= 0.6 is 0 Å². The zero-order valence-electron chi connectivity index (χ0n) is 14.3. The Balaban J connectivity index is 1.57. The van der Waals surface area contributed by atoms with Crippen molar-refractivity contribution in [1.29, 1.82) is 0 Å². The summed E-state index contributed by atoms with van der Waals surface area (Å²) in [6, 6.07) is 5.64. The van der Waals surface area contributed by atoms with Crippen molar-refractivity contribution in [1.82, 2.24) is 15.0 Å². The molecule has 0 unspecified atom stereocenters. The maximum Gasteiger partial charge on any atom is 0.235 e. The molecule has 7 heteroatoms. The molecule has 1 atom stereocenters. The highest BCUT2D eigenvalue weighted by atomic mass is 16.5. The molecule has 1 spiro atoms. The Morgan fingerprint density at radius 3 is 2.96 bits per heavy atom. The van der Waals surface area contributed by atoms with E-state index in [1.54, 1.807) is 19.5 Å². The van der Waals surface area contributed by atoms with Gasteiger partial charge in [0.2, 0.25) is 11.8 Å². The Bertz CT molecular complexity index is 769. The largest absolute Gasteiger partial charge is 0.481 e. The van der Waals surface area contributed by atoms with Gasteiger partial charge < -0.3 is 14.5 Å². The quantitative estimate of drug-likeness (QED) is 0.851. The molecule has 0 saturated carbocycles. The van der Waals surface area contributed by atoms with Gasteiger partial charge in [-0.25, -0.2) is 9.97 Å². The fourth-order valence-corrected chi connectivity index (χ4v) is 3.90. The van der Waals surface area contributed by atoms with Gasteiger partial charge >= 0.3 is 0 Å². The second-order valence-corrected chi connectivity index (χ2v) is 6.64. The number of methoxy groups -OCH3 is 1. The van der Waals surface area contributed by atoms with Crippen LogP contribution in [0.1, 0.15) is 19.3 Å². The topological polar surface area (TPSA) is 71.5 Å². The molecule has 0 aromatic carbocycles. The maximum atomic E-state index is 13.2. The molecule has 4 heterocycles. The molecule has 2 saturated heterocycles. The van der Waals surface area contributed by atoms with Crippen molar-refractivity contribution >= 4 is 17.4 Å². The van der Waals surface area contributed by atoms with E-state index in [9.17, 15) is 4.79 Å². The Kier molecular flexibility index (Phi) is 3.99. The fourth-order valence-electron chi connectivity index (χ4n) is 3.90. The normalized spacial score (nSPS) is 23.3. The number of hydrogen-bond donors (Lipinski definition) is 0. The number of hydrogen-bond acceptors (Lipinski definition) is 6. The molecule has 0 N–H and O–H groups in total. The predicted molar refractivity (Wildman–Crippen MR) is 93.7 cm³/mol. The smallest absolute Gasteiger partial charge is 0.235 e. The first-order chi connectivity index (χ1) is 12.2. The van der Waals surface area contributed by atoms with Crippen molar-refractivity contribution in [2.75, 3.05) is 36.5 Å². The minimum absolute atomic E-state index is 0.200. The van der Waals surface area contributed by atoms with Gasteiger partial charge in [-0.2, -0.15) is 0 Å². The van der Waals surface area contributed by atoms with Crippen molar-refractivity contribution in [3.05, 3.63) is 36.9 Å². The minimum Gasteiger partial charge on any atom is -0.481 e. The van der Waals surface area contributed by atoms with E-state index in [1.807, 2.05) is 23.1 Å². The fraction of sp³-hybridized carbons (Fsp3) is 0.444. The Hall–Kier alpha value is -2.70. The molecule has 2 aliphatic rings. The average molecular weight is 339 g/mol. The van der Waals surface area contributed by atoms with Gasteiger partial charge in [-0.1, -0.05) is 0 Å². The molecule has 130 valence electrons. The number of anilines is 2. The number of carbonyl (C=O) groups excluding carboxylic acids is 1. The number of ether oxygens (including phenoxy) is 1. The molecule has 2 aromatic rings. The Labute approximate surface area is 146 Å². The first kappa shape index (κ1) is 15.8. The summed E-state index contributed by atoms with van der Waals surface area (Å²) in [7, 11) is 1.59. The van der Waals surface area contributed by atoms with Crippen LogP contribution < -0.4 is 14.5 Å². The highest BCUT2D eigenvalue weighted by Crippen LogP contribution is 2.42. The Morgan fingerprint density at radius 1 is 1.24 bits per heavy atom. The van der Waals surface area contributed by atoms with Crippen LogP contribution in [0.2, 0.25) is 0 Å². The van der Waals surface area contributed by atoms with Crippen LogP contribution in [-0.2, 0) is 4.79 Å². The average Bonchev–Trinajstić information content (AvgIpc) is 2.98. The molecule has 2 aliphatic heterocycles. The number of aromatic nitrogens is 3. The van der Waals surface area contributed by atoms with E-state index in [0.717, 1.165) is 43.9 Å². The zero-order valence-corrected chi connectivity index (χ0v) is 14.3. The van der Waals surface area contributed by atoms with Crippen molar-refractivity contribution in [3.8, 4) is 5.88 Å². The van der Waals surface area contributed by atoms with Crippen LogP contribution in [0.5, 0.6) is 5.88 Å². The number of carbonyl (C=O) groups is 1. The summed E-state index contributed by atoms with van der Waals surface area (Å²) in [5.41, 5.74) is 0.539. The van der Waals surface area contributed by atoms with Crippen LogP contribution in [0.15, 0.2) is 36.9 Å². The Morgan fingerprint density at radius 2 is 2.16 bits per heavy atom. The second-order valence-electron chi connectivity index (χ2n) is 6.64. The van der Waals surface area contributed by atoms with Gasteiger partial charge in [0.25, 0.3) is 0 Å². The lowest BCUT2D eigenvalue weighted by atomic mass is 9.78. The zero-order chi connectivity index (χ0) is 17.3. The lowest BCUT2D eigenvalue weighted by molar-refractivity contribution is -0.126. The summed E-state index contributed by atoms with van der Waals surface area (Å²) in [6.07, 6.45) is 7.74. The van der Waals surface area contributed by atoms with Crippen molar-refractivity contribution < 1.29 is 9.53 Å². The number of pyridine rings is 1. The molecule has 0 aliphatic carbocycles. The predicted octanol–water partition coefficient (Wildman–Crippen LogP) is 1.90. The maximum absolute atomic E-state index is 13.2. The molecular formula is C18H21N5O2. The summed E-state index contributed by atoms with van der Waals surface area (Å²) >= 11 is 0. The lowest BCUT2D eigenvalue weighted by Crippen LogP contribution is -2.48. The summed E-state index contributed by atoms with van der Waals surface area (Å²) < 4.78 is 5.20. The van der Waals surface area contributed by atoms with E-state index < -0.39 is 0 Å². The van der Waals surface area contributed by atoms with E-state index in [1.165, 1.54) is 6.33 Å². The van der Waals surface area contributed by atoms with Crippen LogP contribution in [-0.4, -0.2) is 47.6 Å². The third-order valence-electron chi connectivity index (χ3n) is 5.21. The number of nitrogens with zero attached hydrogens (tertiary/aromatic N) is 5. The van der Waals surface area contributed by atoms with Crippen LogP contribution in [0, 0.1) is 5.41 Å². The minimum atomic E-state index is -0.341. The highest BCUT2D eigenvalue weighted by molar-refractivity contribution is 6.00. The van der Waals surface area contributed by atoms with Crippen LogP contribution in [0.25, 0.3) is 0 Å². The van der Waals surface area contributed by atoms with Gasteiger partial charge in [0.15, 0.2) is 0 Å². The summed E-state index contributed by atoms with van der Waals surface area (Å²) in [5.74, 6) is 1.56. The number of rotatable bonds is 3. The monoisotopic (exact) mass is 339 g/mol. The van der Waals surface area contributed by atoms with Crippen molar-refractivity contribution in [2.24, 2.45) is 5.41 Å². The van der Waals surface area contributed by atoms with E-state index in [2.05, 4.69) is 19.9 Å². The van der Waals surface area contributed by atoms with E-state index in [-0.39, 0.29) is 11.3 Å². The van der Waals surface area contributed by atoms with Gasteiger partial charge in [0, 0.05) is 31.9 Å². The molecule has 0 radical (unpaired) electrons. The van der Waals surface area contributed by atoms with E-state index in [4.69, 9.17) is 4.74 Å². The van der Waals surface area contributed by atoms with E-state index >= 15 is 0 Å². The second kappa shape index (κ2) is 6.31. The lowest BCUT2D eigenvalue weighted by Gasteiger charge is -2.39. The molecule has 4 rings (SSSR count). The van der Waals surface area contributed by atoms with Gasteiger partial charge in [0.05, 0.1) is 24.4 Å². The number of piperidine rings is 1. The molecule has 2 fully saturated rings. The molecule has 1 amide bonds. The first-order valence-electron chi connectivity index (χ1n) is 8.55. The van der Waals surface area contributed by atoms with Crippen LogP contribution in [0.4, 0.5) is 11.5 Å². The van der Waals surface area contributed by atoms with Gasteiger partial charge in [-0.05, 0) is 31.4 Å². The SMILES string of the molecule is COc1cc(N2CCC[C@@]3(CCN(c4cccnc4)C3=O)C2)ncn1. The van der Waals surface area contributed by atoms with Crippen LogP contribution in [0.3, 0.4) is 0 Å². The molecule has 2 aromatic heterocycles. The van der Waals surface area contributed by atoms with Gasteiger partial charge in [-0.3, -0.25) is 9.78 Å².